The van der Waals surface area contributed by atoms with Gasteiger partial charge in [0.1, 0.15) is 0 Å². The molecule has 0 aliphatic carbocycles. The van der Waals surface area contributed by atoms with Crippen molar-refractivity contribution < 1.29 is 0 Å². The predicted octanol–water partition coefficient (Wildman–Crippen LogP) is 19.3. The van der Waals surface area contributed by atoms with Gasteiger partial charge in [0.2, 0.25) is 0 Å². The van der Waals surface area contributed by atoms with E-state index in [0.29, 0.717) is 0 Å². The molecule has 68 heavy (non-hydrogen) atoms. The summed E-state index contributed by atoms with van der Waals surface area (Å²) in [6.07, 6.45) is 0. The maximum absolute atomic E-state index is 2.60. The smallest absolute Gasteiger partial charge is 0.0541 e. The number of para-hydroxylation sites is 2. The number of nitrogens with zero attached hydrogens (tertiary/aromatic N) is 2. The molecule has 2 heteroatoms. The zero-order chi connectivity index (χ0) is 48.5. The van der Waals surface area contributed by atoms with Crippen LogP contribution in [-0.2, 0) is 27.1 Å². The molecule has 0 bridgehead atoms. The summed E-state index contributed by atoms with van der Waals surface area (Å²) in [5.41, 5.74) is 16.2. The second-order valence-electron chi connectivity index (χ2n) is 24.8. The van der Waals surface area contributed by atoms with Gasteiger partial charge in [-0.05, 0) is 136 Å². The molecule has 0 aliphatic rings. The van der Waals surface area contributed by atoms with Gasteiger partial charge in [-0.3, -0.25) is 0 Å². The largest absolute Gasteiger partial charge is 0.310 e. The molecule has 0 saturated carbocycles. The highest BCUT2D eigenvalue weighted by atomic mass is 15.1. The van der Waals surface area contributed by atoms with Crippen molar-refractivity contribution in [2.45, 2.75) is 131 Å². The first kappa shape index (κ1) is 45.4. The van der Waals surface area contributed by atoms with E-state index in [9.17, 15) is 0 Å². The van der Waals surface area contributed by atoms with Gasteiger partial charge in [0.15, 0.2) is 0 Å². The predicted molar refractivity (Wildman–Crippen MR) is 298 cm³/mol. The molecule has 0 aliphatic heterocycles. The summed E-state index contributed by atoms with van der Waals surface area (Å²) in [7, 11) is 0. The highest BCUT2D eigenvalue weighted by Crippen LogP contribution is 2.51. The summed E-state index contributed by atoms with van der Waals surface area (Å²) < 4.78 is 2.48. The van der Waals surface area contributed by atoms with Crippen molar-refractivity contribution in [3.63, 3.8) is 0 Å². The van der Waals surface area contributed by atoms with Crippen molar-refractivity contribution in [3.8, 4) is 16.8 Å². The molecule has 1 heterocycles. The van der Waals surface area contributed by atoms with Gasteiger partial charge in [-0.1, -0.05) is 207 Å². The van der Waals surface area contributed by atoms with Crippen LogP contribution in [0.3, 0.4) is 0 Å². The number of benzene rings is 9. The van der Waals surface area contributed by atoms with Crippen LogP contribution in [0.1, 0.15) is 132 Å². The van der Waals surface area contributed by atoms with Gasteiger partial charge in [-0.15, -0.1) is 0 Å². The number of hydrogen-bond acceptors (Lipinski definition) is 1. The molecule has 0 amide bonds. The maximum atomic E-state index is 2.60. The topological polar surface area (TPSA) is 8.17 Å². The fourth-order valence-electron chi connectivity index (χ4n) is 10.7. The second kappa shape index (κ2) is 15.6. The Bertz CT molecular complexity index is 3470. The highest BCUT2D eigenvalue weighted by molar-refractivity contribution is 6.27. The highest BCUT2D eigenvalue weighted by Gasteiger charge is 2.32. The molecular formula is C66H70N2. The first-order valence-corrected chi connectivity index (χ1v) is 24.8. The van der Waals surface area contributed by atoms with Crippen LogP contribution in [0.15, 0.2) is 152 Å². The van der Waals surface area contributed by atoms with E-state index in [-0.39, 0.29) is 27.1 Å². The Kier molecular flexibility index (Phi) is 10.4. The van der Waals surface area contributed by atoms with Crippen LogP contribution in [-0.4, -0.2) is 4.57 Å². The fourth-order valence-corrected chi connectivity index (χ4v) is 10.7. The Morgan fingerprint density at radius 2 is 0.838 bits per heavy atom. The number of fused-ring (bicyclic) bond motifs is 3. The van der Waals surface area contributed by atoms with Crippen molar-refractivity contribution in [1.29, 1.82) is 0 Å². The average molecular weight is 891 g/mol. The van der Waals surface area contributed by atoms with Crippen LogP contribution in [0.4, 0.5) is 17.1 Å². The molecule has 9 aromatic carbocycles. The van der Waals surface area contributed by atoms with Crippen LogP contribution >= 0.6 is 0 Å². The van der Waals surface area contributed by atoms with Crippen LogP contribution in [0.25, 0.3) is 70.9 Å². The molecule has 0 spiro atoms. The van der Waals surface area contributed by atoms with E-state index in [1.54, 1.807) is 0 Å². The van der Waals surface area contributed by atoms with Gasteiger partial charge in [-0.25, -0.2) is 0 Å². The summed E-state index contributed by atoms with van der Waals surface area (Å²) in [6.45, 7) is 35.3. The van der Waals surface area contributed by atoms with Gasteiger partial charge in [0.05, 0.1) is 28.1 Å². The third-order valence-electron chi connectivity index (χ3n) is 14.6. The molecule has 0 atom stereocenters. The van der Waals surface area contributed by atoms with Gasteiger partial charge in [-0.2, -0.15) is 0 Å². The van der Waals surface area contributed by atoms with Gasteiger partial charge in [0, 0.05) is 27.2 Å². The lowest BCUT2D eigenvalue weighted by Crippen LogP contribution is -2.23. The quantitative estimate of drug-likeness (QED) is 0.156. The van der Waals surface area contributed by atoms with Crippen molar-refractivity contribution in [1.82, 2.24) is 4.57 Å². The second-order valence-corrected chi connectivity index (χ2v) is 24.8. The molecule has 0 N–H and O–H groups in total. The molecular weight excluding hydrogens is 821 g/mol. The van der Waals surface area contributed by atoms with Crippen molar-refractivity contribution in [2.75, 3.05) is 4.90 Å². The summed E-state index contributed by atoms with van der Waals surface area (Å²) >= 11 is 0. The summed E-state index contributed by atoms with van der Waals surface area (Å²) in [5.74, 6) is 0. The van der Waals surface area contributed by atoms with E-state index < -0.39 is 0 Å². The van der Waals surface area contributed by atoms with E-state index >= 15 is 0 Å². The van der Waals surface area contributed by atoms with Crippen LogP contribution in [0, 0.1) is 0 Å². The molecule has 10 aromatic rings. The lowest BCUT2D eigenvalue weighted by molar-refractivity contribution is 0.568. The fraction of sp³-hybridized carbons (Fsp3) is 0.303. The Labute approximate surface area is 406 Å². The lowest BCUT2D eigenvalue weighted by Gasteiger charge is -2.36. The summed E-state index contributed by atoms with van der Waals surface area (Å²) in [6, 6.07) is 58.5. The summed E-state index contributed by atoms with van der Waals surface area (Å²) in [4.78, 5) is 2.60. The molecule has 2 nitrogen and oxygen atoms in total. The zero-order valence-electron chi connectivity index (χ0n) is 43.3. The van der Waals surface area contributed by atoms with E-state index in [1.165, 1.54) is 110 Å². The molecule has 0 fully saturated rings. The standard InChI is InChI=1S/C66H70N2/c1-62(2,3)44-28-30-47(31-29-44)67(59-40-53(65(10,11)12)52(39-54(59)66(13,14)15)43-36-45(63(4,5)6)38-46(37-43)64(7,8)9)57-34-26-41-25-33-51-58(35-27-42-24-32-50(57)60(41)61(42)51)68-55-22-18-16-20-48(55)49-21-17-19-23-56(49)68/h16-40H,1-15H3. The third kappa shape index (κ3) is 7.65. The van der Waals surface area contributed by atoms with E-state index in [4.69, 9.17) is 0 Å². The molecule has 344 valence electrons. The monoisotopic (exact) mass is 891 g/mol. The minimum atomic E-state index is -0.195. The van der Waals surface area contributed by atoms with Crippen molar-refractivity contribution >= 4 is 71.2 Å². The normalized spacial score (nSPS) is 13.2. The van der Waals surface area contributed by atoms with Crippen LogP contribution in [0.5, 0.6) is 0 Å². The number of aromatic nitrogens is 1. The number of anilines is 3. The zero-order valence-corrected chi connectivity index (χ0v) is 43.3. The lowest BCUT2D eigenvalue weighted by atomic mass is 9.74. The Balaban J connectivity index is 1.29. The molecule has 10 rings (SSSR count). The van der Waals surface area contributed by atoms with Crippen LogP contribution in [0.2, 0.25) is 0 Å². The minimum absolute atomic E-state index is 0.0000386. The Morgan fingerprint density at radius 3 is 1.37 bits per heavy atom. The van der Waals surface area contributed by atoms with Crippen molar-refractivity contribution in [2.24, 2.45) is 0 Å². The molecule has 0 saturated heterocycles. The minimum Gasteiger partial charge on any atom is -0.310 e. The van der Waals surface area contributed by atoms with Gasteiger partial charge >= 0.3 is 0 Å². The Morgan fingerprint density at radius 1 is 0.353 bits per heavy atom. The number of rotatable bonds is 5. The molecule has 0 radical (unpaired) electrons. The molecule has 1 aromatic heterocycles. The van der Waals surface area contributed by atoms with Gasteiger partial charge in [0.25, 0.3) is 0 Å². The van der Waals surface area contributed by atoms with Crippen LogP contribution < -0.4 is 4.90 Å². The van der Waals surface area contributed by atoms with Crippen molar-refractivity contribution in [3.05, 3.63) is 179 Å². The maximum Gasteiger partial charge on any atom is 0.0541 e. The van der Waals surface area contributed by atoms with Gasteiger partial charge < -0.3 is 9.47 Å². The molecule has 0 unspecified atom stereocenters. The Hall–Kier alpha value is -6.38. The third-order valence-corrected chi connectivity index (χ3v) is 14.6. The van der Waals surface area contributed by atoms with E-state index in [0.717, 1.165) is 5.69 Å². The summed E-state index contributed by atoms with van der Waals surface area (Å²) in [5, 5.41) is 10.2. The first-order chi connectivity index (χ1) is 31.9. The first-order valence-electron chi connectivity index (χ1n) is 24.8. The average Bonchev–Trinajstić information content (AvgIpc) is 3.61. The van der Waals surface area contributed by atoms with E-state index in [1.807, 2.05) is 0 Å². The van der Waals surface area contributed by atoms with E-state index in [2.05, 4.69) is 265 Å². The number of hydrogen-bond donors (Lipinski definition) is 0. The SMILES string of the molecule is CC(C)(C)c1ccc(N(c2cc(C(C)(C)C)c(-c3cc(C(C)(C)C)cc(C(C)(C)C)c3)cc2C(C)(C)C)c2ccc3ccc4c(-n5c6ccccc6c6ccccc65)ccc5ccc2c3c54)cc1.